The van der Waals surface area contributed by atoms with E-state index in [0.717, 1.165) is 23.0 Å². The topological polar surface area (TPSA) is 63.9 Å². The van der Waals surface area contributed by atoms with Gasteiger partial charge < -0.3 is 0 Å². The average molecular weight is 217 g/mol. The highest BCUT2D eigenvalue weighted by Gasteiger charge is 2.12. The molecular formula is C9H7N5S. The zero-order chi connectivity index (χ0) is 10.1. The van der Waals surface area contributed by atoms with Gasteiger partial charge in [-0.25, -0.2) is 19.9 Å². The van der Waals surface area contributed by atoms with Gasteiger partial charge in [0.05, 0.1) is 12.4 Å². The minimum Gasteiger partial charge on any atom is -0.275 e. The molecule has 2 aromatic heterocycles. The molecule has 0 radical (unpaired) electrons. The van der Waals surface area contributed by atoms with Crippen LogP contribution in [0.3, 0.4) is 0 Å². The molecule has 3 rings (SSSR count). The van der Waals surface area contributed by atoms with E-state index in [4.69, 9.17) is 0 Å². The van der Waals surface area contributed by atoms with E-state index in [0.29, 0.717) is 11.2 Å². The van der Waals surface area contributed by atoms with Crippen molar-refractivity contribution in [2.45, 2.75) is 0 Å². The Morgan fingerprint density at radius 3 is 3.07 bits per heavy atom. The number of hydrogen-bond acceptors (Lipinski definition) is 6. The van der Waals surface area contributed by atoms with Gasteiger partial charge in [0.1, 0.15) is 22.6 Å². The van der Waals surface area contributed by atoms with Crippen LogP contribution in [0.5, 0.6) is 0 Å². The molecule has 0 spiro atoms. The molecule has 6 heteroatoms. The molecule has 0 atom stereocenters. The molecule has 15 heavy (non-hydrogen) atoms. The summed E-state index contributed by atoms with van der Waals surface area (Å²) in [4.78, 5) is 20.9. The minimum atomic E-state index is 0.623. The van der Waals surface area contributed by atoms with E-state index in [2.05, 4.69) is 24.9 Å². The number of rotatable bonds is 1. The van der Waals surface area contributed by atoms with Crippen molar-refractivity contribution in [3.63, 3.8) is 0 Å². The summed E-state index contributed by atoms with van der Waals surface area (Å²) < 4.78 is 0. The number of thioether (sulfide) groups is 1. The van der Waals surface area contributed by atoms with Gasteiger partial charge in [-0.1, -0.05) is 0 Å². The van der Waals surface area contributed by atoms with Gasteiger partial charge >= 0.3 is 0 Å². The first kappa shape index (κ1) is 8.72. The largest absolute Gasteiger partial charge is 0.275 e. The fraction of sp³-hybridized carbons (Fsp3) is 0.222. The van der Waals surface area contributed by atoms with Gasteiger partial charge in [-0.05, 0) is 0 Å². The summed E-state index contributed by atoms with van der Waals surface area (Å²) in [7, 11) is 0. The summed E-state index contributed by atoms with van der Waals surface area (Å²) in [6.45, 7) is 0.865. The fourth-order valence-electron chi connectivity index (χ4n) is 1.36. The highest BCUT2D eigenvalue weighted by atomic mass is 32.2. The summed E-state index contributed by atoms with van der Waals surface area (Å²) >= 11 is 1.71. The lowest BCUT2D eigenvalue weighted by molar-refractivity contribution is 1.13. The number of fused-ring (bicyclic) bond motifs is 1. The van der Waals surface area contributed by atoms with Crippen molar-refractivity contribution in [2.24, 2.45) is 4.99 Å². The van der Waals surface area contributed by atoms with E-state index in [-0.39, 0.29) is 0 Å². The fourth-order valence-corrected chi connectivity index (χ4v) is 2.16. The lowest BCUT2D eigenvalue weighted by Gasteiger charge is -1.99. The van der Waals surface area contributed by atoms with Gasteiger partial charge in [0, 0.05) is 12.3 Å². The van der Waals surface area contributed by atoms with Crippen LogP contribution >= 0.6 is 11.8 Å². The maximum atomic E-state index is 4.39. The molecule has 0 saturated carbocycles. The van der Waals surface area contributed by atoms with E-state index in [9.17, 15) is 0 Å². The Labute approximate surface area is 90.1 Å². The maximum Gasteiger partial charge on any atom is 0.181 e. The van der Waals surface area contributed by atoms with E-state index in [1.54, 1.807) is 24.2 Å². The molecule has 0 amide bonds. The second-order valence-electron chi connectivity index (χ2n) is 3.02. The Hall–Kier alpha value is -1.56. The normalized spacial score (nSPS) is 15.6. The summed E-state index contributed by atoms with van der Waals surface area (Å²) in [6, 6.07) is 0. The van der Waals surface area contributed by atoms with Crippen LogP contribution in [0.2, 0.25) is 0 Å². The lowest BCUT2D eigenvalue weighted by Crippen LogP contribution is -1.99. The van der Waals surface area contributed by atoms with Crippen molar-refractivity contribution < 1.29 is 0 Å². The molecule has 2 aromatic rings. The molecule has 5 nitrogen and oxygen atoms in total. The molecule has 3 heterocycles. The number of nitrogens with zero attached hydrogens (tertiary/aromatic N) is 5. The number of aromatic nitrogens is 4. The smallest absolute Gasteiger partial charge is 0.181 e. The average Bonchev–Trinajstić information content (AvgIpc) is 2.82. The van der Waals surface area contributed by atoms with Crippen LogP contribution in [0.25, 0.3) is 11.2 Å². The number of hydrogen-bond donors (Lipinski definition) is 0. The quantitative estimate of drug-likeness (QED) is 0.710. The Bertz CT molecular complexity index is 539. The Balaban J connectivity index is 2.13. The van der Waals surface area contributed by atoms with Crippen molar-refractivity contribution in [1.29, 1.82) is 0 Å². The second kappa shape index (κ2) is 3.54. The molecule has 0 aliphatic carbocycles. The van der Waals surface area contributed by atoms with Crippen LogP contribution in [0.15, 0.2) is 23.7 Å². The van der Waals surface area contributed by atoms with Crippen molar-refractivity contribution in [3.8, 4) is 0 Å². The van der Waals surface area contributed by atoms with Crippen LogP contribution in [-0.2, 0) is 0 Å². The zero-order valence-electron chi connectivity index (χ0n) is 7.79. The molecule has 0 unspecified atom stereocenters. The van der Waals surface area contributed by atoms with Gasteiger partial charge in [0.25, 0.3) is 0 Å². The van der Waals surface area contributed by atoms with Crippen molar-refractivity contribution in [2.75, 3.05) is 12.3 Å². The van der Waals surface area contributed by atoms with E-state index >= 15 is 0 Å². The van der Waals surface area contributed by atoms with Crippen LogP contribution in [0.4, 0.5) is 0 Å². The molecule has 1 aliphatic heterocycles. The van der Waals surface area contributed by atoms with Gasteiger partial charge in [0.15, 0.2) is 5.65 Å². The van der Waals surface area contributed by atoms with Gasteiger partial charge in [-0.3, -0.25) is 4.99 Å². The predicted molar refractivity (Wildman–Crippen MR) is 59.0 cm³/mol. The van der Waals surface area contributed by atoms with Crippen molar-refractivity contribution >= 4 is 28.0 Å². The van der Waals surface area contributed by atoms with Gasteiger partial charge in [-0.2, -0.15) is 0 Å². The SMILES string of the molecule is c1ncc2ncc(C3=NCCS3)nc2n1. The van der Waals surface area contributed by atoms with Gasteiger partial charge in [-0.15, -0.1) is 11.8 Å². The standard InChI is InChI=1S/C9H7N5S/c1-2-15-9(11-1)7-4-12-6-3-10-5-13-8(6)14-7/h3-5H,1-2H2. The molecule has 0 bridgehead atoms. The molecule has 0 N–H and O–H groups in total. The Morgan fingerprint density at radius 2 is 2.20 bits per heavy atom. The lowest BCUT2D eigenvalue weighted by atomic mass is 10.4. The monoisotopic (exact) mass is 217 g/mol. The first-order valence-electron chi connectivity index (χ1n) is 4.54. The van der Waals surface area contributed by atoms with Crippen LogP contribution in [-0.4, -0.2) is 37.3 Å². The van der Waals surface area contributed by atoms with Crippen LogP contribution in [0, 0.1) is 0 Å². The maximum absolute atomic E-state index is 4.39. The first-order valence-corrected chi connectivity index (χ1v) is 5.52. The summed E-state index contributed by atoms with van der Waals surface area (Å²) in [5.41, 5.74) is 2.14. The van der Waals surface area contributed by atoms with E-state index in [1.807, 2.05) is 0 Å². The third-order valence-corrected chi connectivity index (χ3v) is 3.03. The predicted octanol–water partition coefficient (Wildman–Crippen LogP) is 0.913. The molecule has 0 saturated heterocycles. The summed E-state index contributed by atoms with van der Waals surface area (Å²) in [5.74, 6) is 1.03. The van der Waals surface area contributed by atoms with Crippen LogP contribution in [0.1, 0.15) is 5.69 Å². The van der Waals surface area contributed by atoms with Crippen molar-refractivity contribution in [1.82, 2.24) is 19.9 Å². The minimum absolute atomic E-state index is 0.623. The van der Waals surface area contributed by atoms with E-state index < -0.39 is 0 Å². The van der Waals surface area contributed by atoms with Crippen LogP contribution < -0.4 is 0 Å². The molecule has 74 valence electrons. The molecule has 1 aliphatic rings. The summed E-state index contributed by atoms with van der Waals surface area (Å²) in [6.07, 6.45) is 4.86. The molecule has 0 fully saturated rings. The third-order valence-electron chi connectivity index (χ3n) is 2.03. The highest BCUT2D eigenvalue weighted by Crippen LogP contribution is 2.17. The first-order chi connectivity index (χ1) is 7.43. The second-order valence-corrected chi connectivity index (χ2v) is 4.11. The Morgan fingerprint density at radius 1 is 1.20 bits per heavy atom. The third kappa shape index (κ3) is 1.56. The zero-order valence-corrected chi connectivity index (χ0v) is 8.61. The molecule has 0 aromatic carbocycles. The van der Waals surface area contributed by atoms with E-state index in [1.165, 1.54) is 6.33 Å². The number of aliphatic imine (C=N–C) groups is 1. The Kier molecular flexibility index (Phi) is 2.06. The van der Waals surface area contributed by atoms with Crippen molar-refractivity contribution in [3.05, 3.63) is 24.4 Å². The molecular weight excluding hydrogens is 210 g/mol. The summed E-state index contributed by atoms with van der Waals surface area (Å²) in [5, 5.41) is 0.961. The highest BCUT2D eigenvalue weighted by molar-refractivity contribution is 8.14. The van der Waals surface area contributed by atoms with Gasteiger partial charge in [0.2, 0.25) is 0 Å².